The number of nitrogens with zero attached hydrogens (tertiary/aromatic N) is 2. The third kappa shape index (κ3) is 4.37. The average Bonchev–Trinajstić information content (AvgIpc) is 3.08. The van der Waals surface area contributed by atoms with Crippen LogP contribution in [0.1, 0.15) is 44.0 Å². The molecule has 2 rings (SSSR count). The van der Waals surface area contributed by atoms with Gasteiger partial charge in [-0.15, -0.1) is 0 Å². The second kappa shape index (κ2) is 5.95. The molecule has 0 atom stereocenters. The number of hydrogen-bond donors (Lipinski definition) is 2. The van der Waals surface area contributed by atoms with Crippen LogP contribution in [0.15, 0.2) is 6.07 Å². The molecule has 0 unspecified atom stereocenters. The molecule has 5 nitrogen and oxygen atoms in total. The molecule has 1 heterocycles. The largest absolute Gasteiger partial charge is 0.435 e. The van der Waals surface area contributed by atoms with E-state index in [9.17, 15) is 18.0 Å². The molecule has 0 saturated heterocycles. The number of amides is 2. The number of nitrogens with one attached hydrogen (secondary N) is 2. The molecule has 1 aliphatic rings. The highest BCUT2D eigenvalue weighted by molar-refractivity contribution is 5.73. The maximum Gasteiger partial charge on any atom is 0.435 e. The van der Waals surface area contributed by atoms with Crippen molar-refractivity contribution in [2.75, 3.05) is 6.54 Å². The van der Waals surface area contributed by atoms with Crippen LogP contribution in [0.5, 0.6) is 0 Å². The van der Waals surface area contributed by atoms with Gasteiger partial charge >= 0.3 is 12.2 Å². The number of alkyl halides is 3. The number of hydrogen-bond acceptors (Lipinski definition) is 2. The highest BCUT2D eigenvalue weighted by atomic mass is 19.4. The topological polar surface area (TPSA) is 59.0 Å². The van der Waals surface area contributed by atoms with E-state index in [0.717, 1.165) is 18.9 Å². The van der Waals surface area contributed by atoms with E-state index in [4.69, 9.17) is 0 Å². The van der Waals surface area contributed by atoms with Gasteiger partial charge in [-0.25, -0.2) is 4.79 Å². The molecular formula is C13H19F3N4O. The van der Waals surface area contributed by atoms with Gasteiger partial charge in [0.1, 0.15) is 0 Å². The van der Waals surface area contributed by atoms with Crippen molar-refractivity contribution >= 4 is 6.03 Å². The number of urea groups is 1. The van der Waals surface area contributed by atoms with Crippen LogP contribution < -0.4 is 10.6 Å². The Morgan fingerprint density at radius 2 is 2.14 bits per heavy atom. The average molecular weight is 304 g/mol. The molecule has 2 amide bonds. The van der Waals surface area contributed by atoms with Crippen LogP contribution in [0.2, 0.25) is 0 Å². The van der Waals surface area contributed by atoms with E-state index in [0.29, 0.717) is 5.69 Å². The zero-order valence-corrected chi connectivity index (χ0v) is 12.0. The minimum atomic E-state index is -4.43. The lowest BCUT2D eigenvalue weighted by atomic mass is 10.2. The number of halogens is 3. The molecule has 0 spiro atoms. The van der Waals surface area contributed by atoms with E-state index < -0.39 is 11.9 Å². The lowest BCUT2D eigenvalue weighted by molar-refractivity contribution is -0.141. The summed E-state index contributed by atoms with van der Waals surface area (Å²) in [7, 11) is 0. The van der Waals surface area contributed by atoms with E-state index in [1.54, 1.807) is 0 Å². The summed E-state index contributed by atoms with van der Waals surface area (Å²) in [5.41, 5.74) is -0.260. The van der Waals surface area contributed by atoms with Crippen molar-refractivity contribution in [1.82, 2.24) is 20.4 Å². The Labute approximate surface area is 120 Å². The highest BCUT2D eigenvalue weighted by Crippen LogP contribution is 2.41. The van der Waals surface area contributed by atoms with Gasteiger partial charge in [-0.2, -0.15) is 18.3 Å². The van der Waals surface area contributed by atoms with Crippen LogP contribution in [-0.4, -0.2) is 28.4 Å². The van der Waals surface area contributed by atoms with E-state index in [1.165, 1.54) is 4.68 Å². The fraction of sp³-hybridized carbons (Fsp3) is 0.692. The van der Waals surface area contributed by atoms with Gasteiger partial charge < -0.3 is 10.6 Å². The van der Waals surface area contributed by atoms with Crippen LogP contribution in [0.4, 0.5) is 18.0 Å². The van der Waals surface area contributed by atoms with E-state index in [-0.39, 0.29) is 31.1 Å². The fourth-order valence-electron chi connectivity index (χ4n) is 2.05. The Hall–Kier alpha value is -1.73. The summed E-state index contributed by atoms with van der Waals surface area (Å²) in [6.07, 6.45) is -2.65. The highest BCUT2D eigenvalue weighted by Gasteiger charge is 2.37. The molecule has 0 radical (unpaired) electrons. The molecule has 0 bridgehead atoms. The summed E-state index contributed by atoms with van der Waals surface area (Å²) in [6, 6.07) is 0.793. The van der Waals surface area contributed by atoms with Crippen LogP contribution in [-0.2, 0) is 12.7 Å². The van der Waals surface area contributed by atoms with Crippen LogP contribution in [0, 0.1) is 0 Å². The van der Waals surface area contributed by atoms with Gasteiger partial charge in [0.2, 0.25) is 0 Å². The standard InChI is InChI=1S/C13H19F3N4O/c1-8(2)18-12(21)17-5-6-20-10(9-3-4-9)7-11(19-20)13(14,15)16/h7-9H,3-6H2,1-2H3,(H2,17,18,21). The second-order valence-electron chi connectivity index (χ2n) is 5.50. The Balaban J connectivity index is 1.96. The zero-order chi connectivity index (χ0) is 15.6. The molecule has 2 N–H and O–H groups in total. The Kier molecular flexibility index (Phi) is 4.43. The van der Waals surface area contributed by atoms with Crippen molar-refractivity contribution in [2.45, 2.75) is 51.4 Å². The first-order chi connectivity index (χ1) is 9.77. The van der Waals surface area contributed by atoms with E-state index >= 15 is 0 Å². The number of aromatic nitrogens is 2. The summed E-state index contributed by atoms with van der Waals surface area (Å²) in [5.74, 6) is 0.165. The molecule has 118 valence electrons. The van der Waals surface area contributed by atoms with Crippen molar-refractivity contribution in [3.63, 3.8) is 0 Å². The maximum atomic E-state index is 12.7. The van der Waals surface area contributed by atoms with Gasteiger partial charge in [0.05, 0.1) is 6.54 Å². The van der Waals surface area contributed by atoms with Gasteiger partial charge in [-0.3, -0.25) is 4.68 Å². The fourth-order valence-corrected chi connectivity index (χ4v) is 2.05. The molecule has 1 saturated carbocycles. The van der Waals surface area contributed by atoms with Crippen molar-refractivity contribution in [1.29, 1.82) is 0 Å². The summed E-state index contributed by atoms with van der Waals surface area (Å²) in [5, 5.41) is 8.87. The van der Waals surface area contributed by atoms with Crippen molar-refractivity contribution < 1.29 is 18.0 Å². The zero-order valence-electron chi connectivity index (χ0n) is 12.0. The second-order valence-corrected chi connectivity index (χ2v) is 5.50. The number of carbonyl (C=O) groups is 1. The van der Waals surface area contributed by atoms with Gasteiger partial charge in [-0.1, -0.05) is 0 Å². The lowest BCUT2D eigenvalue weighted by Gasteiger charge is -2.11. The van der Waals surface area contributed by atoms with Gasteiger partial charge in [0.25, 0.3) is 0 Å². The number of rotatable bonds is 5. The Morgan fingerprint density at radius 3 is 2.67 bits per heavy atom. The van der Waals surface area contributed by atoms with E-state index in [1.807, 2.05) is 13.8 Å². The molecule has 1 fully saturated rings. The molecule has 1 aromatic heterocycles. The van der Waals surface area contributed by atoms with Crippen LogP contribution in [0.25, 0.3) is 0 Å². The first-order valence-corrected chi connectivity index (χ1v) is 6.96. The van der Waals surface area contributed by atoms with Crippen LogP contribution in [0.3, 0.4) is 0 Å². The predicted molar refractivity (Wildman–Crippen MR) is 70.9 cm³/mol. The summed E-state index contributed by atoms with van der Waals surface area (Å²) >= 11 is 0. The smallest absolute Gasteiger partial charge is 0.336 e. The minimum absolute atomic E-state index is 0.00793. The van der Waals surface area contributed by atoms with Crippen molar-refractivity contribution in [3.05, 3.63) is 17.5 Å². The summed E-state index contributed by atoms with van der Waals surface area (Å²) < 4.78 is 39.5. The Bertz CT molecular complexity index is 506. The first kappa shape index (κ1) is 15.7. The quantitative estimate of drug-likeness (QED) is 0.878. The molecule has 1 aromatic rings. The van der Waals surface area contributed by atoms with Gasteiger partial charge in [0.15, 0.2) is 5.69 Å². The molecule has 0 aromatic carbocycles. The molecule has 8 heteroatoms. The molecular weight excluding hydrogens is 285 g/mol. The maximum absolute atomic E-state index is 12.7. The van der Waals surface area contributed by atoms with E-state index in [2.05, 4.69) is 15.7 Å². The van der Waals surface area contributed by atoms with Crippen molar-refractivity contribution in [3.8, 4) is 0 Å². The van der Waals surface area contributed by atoms with Gasteiger partial charge in [-0.05, 0) is 32.8 Å². The van der Waals surface area contributed by atoms with Gasteiger partial charge in [0, 0.05) is 24.2 Å². The molecule has 21 heavy (non-hydrogen) atoms. The SMILES string of the molecule is CC(C)NC(=O)NCCn1nc(C(F)(F)F)cc1C1CC1. The molecule has 0 aliphatic heterocycles. The Morgan fingerprint density at radius 1 is 1.48 bits per heavy atom. The summed E-state index contributed by atoms with van der Waals surface area (Å²) in [4.78, 5) is 11.4. The monoisotopic (exact) mass is 304 g/mol. The normalized spacial score (nSPS) is 15.3. The minimum Gasteiger partial charge on any atom is -0.336 e. The number of carbonyl (C=O) groups excluding carboxylic acids is 1. The third-order valence-corrected chi connectivity index (χ3v) is 3.13. The summed E-state index contributed by atoms with van der Waals surface area (Å²) in [6.45, 7) is 4.12. The lowest BCUT2D eigenvalue weighted by Crippen LogP contribution is -2.40. The van der Waals surface area contributed by atoms with Crippen LogP contribution >= 0.6 is 0 Å². The predicted octanol–water partition coefficient (Wildman–Crippen LogP) is 2.49. The third-order valence-electron chi connectivity index (χ3n) is 3.13. The first-order valence-electron chi connectivity index (χ1n) is 6.96. The molecule has 1 aliphatic carbocycles. The van der Waals surface area contributed by atoms with Crippen molar-refractivity contribution in [2.24, 2.45) is 0 Å².